The van der Waals surface area contributed by atoms with Crippen molar-refractivity contribution in [1.82, 2.24) is 9.97 Å². The molecule has 0 atom stereocenters. The first-order valence-electron chi connectivity index (χ1n) is 4.08. The van der Waals surface area contributed by atoms with Crippen molar-refractivity contribution < 1.29 is 5.11 Å². The lowest BCUT2D eigenvalue weighted by molar-refractivity contribution is 0.299. The standard InChI is InChI=1S/C9H10N2OS/c12-4-2-9-11-8(6-13-9)7-1-3-10-5-7/h1,3,5-6,10,12H,2,4H2. The summed E-state index contributed by atoms with van der Waals surface area (Å²) in [4.78, 5) is 7.37. The molecule has 0 saturated carbocycles. The van der Waals surface area contributed by atoms with Crippen molar-refractivity contribution in [3.63, 3.8) is 0 Å². The molecule has 0 spiro atoms. The highest BCUT2D eigenvalue weighted by atomic mass is 32.1. The molecule has 13 heavy (non-hydrogen) atoms. The van der Waals surface area contributed by atoms with Crippen molar-refractivity contribution >= 4 is 11.3 Å². The molecule has 0 unspecified atom stereocenters. The second-order valence-corrected chi connectivity index (χ2v) is 3.64. The average Bonchev–Trinajstić information content (AvgIpc) is 2.70. The van der Waals surface area contributed by atoms with Crippen LogP contribution in [-0.2, 0) is 6.42 Å². The third kappa shape index (κ3) is 1.79. The fourth-order valence-electron chi connectivity index (χ4n) is 1.14. The predicted molar refractivity (Wildman–Crippen MR) is 52.7 cm³/mol. The van der Waals surface area contributed by atoms with Crippen LogP contribution in [-0.4, -0.2) is 21.7 Å². The minimum absolute atomic E-state index is 0.167. The largest absolute Gasteiger partial charge is 0.396 e. The number of H-pyrrole nitrogens is 1. The Morgan fingerprint density at radius 3 is 3.15 bits per heavy atom. The Hall–Kier alpha value is -1.13. The van der Waals surface area contributed by atoms with Gasteiger partial charge in [-0.1, -0.05) is 0 Å². The summed E-state index contributed by atoms with van der Waals surface area (Å²) in [5, 5.41) is 11.7. The van der Waals surface area contributed by atoms with E-state index in [9.17, 15) is 0 Å². The van der Waals surface area contributed by atoms with Crippen molar-refractivity contribution in [2.24, 2.45) is 0 Å². The van der Waals surface area contributed by atoms with Gasteiger partial charge in [-0.3, -0.25) is 0 Å². The lowest BCUT2D eigenvalue weighted by Gasteiger charge is -1.89. The van der Waals surface area contributed by atoms with Gasteiger partial charge in [-0.05, 0) is 6.07 Å². The molecule has 2 aromatic heterocycles. The molecule has 4 heteroatoms. The average molecular weight is 194 g/mol. The molecule has 0 aliphatic rings. The summed E-state index contributed by atoms with van der Waals surface area (Å²) < 4.78 is 0. The van der Waals surface area contributed by atoms with Crippen molar-refractivity contribution in [1.29, 1.82) is 0 Å². The highest BCUT2D eigenvalue weighted by Gasteiger charge is 2.03. The van der Waals surface area contributed by atoms with E-state index in [4.69, 9.17) is 5.11 Å². The van der Waals surface area contributed by atoms with Gasteiger partial charge in [-0.2, -0.15) is 0 Å². The van der Waals surface area contributed by atoms with Crippen LogP contribution in [0, 0.1) is 0 Å². The lowest BCUT2D eigenvalue weighted by atomic mass is 10.3. The second-order valence-electron chi connectivity index (χ2n) is 2.70. The minimum Gasteiger partial charge on any atom is -0.396 e. The number of nitrogens with one attached hydrogen (secondary N) is 1. The number of aliphatic hydroxyl groups is 1. The van der Waals surface area contributed by atoms with E-state index in [2.05, 4.69) is 9.97 Å². The molecule has 2 heterocycles. The maximum absolute atomic E-state index is 8.72. The van der Waals surface area contributed by atoms with Gasteiger partial charge in [0.25, 0.3) is 0 Å². The van der Waals surface area contributed by atoms with Gasteiger partial charge in [0.2, 0.25) is 0 Å². The molecule has 0 aliphatic carbocycles. The quantitative estimate of drug-likeness (QED) is 0.781. The summed E-state index contributed by atoms with van der Waals surface area (Å²) in [5.74, 6) is 0. The van der Waals surface area contributed by atoms with Crippen LogP contribution in [0.2, 0.25) is 0 Å². The van der Waals surface area contributed by atoms with Crippen LogP contribution >= 0.6 is 11.3 Å². The molecule has 0 saturated heterocycles. The SMILES string of the molecule is OCCc1nc(-c2cc[nH]c2)cs1. The Morgan fingerprint density at radius 2 is 2.46 bits per heavy atom. The van der Waals surface area contributed by atoms with E-state index in [0.29, 0.717) is 6.42 Å². The van der Waals surface area contributed by atoms with E-state index < -0.39 is 0 Å². The van der Waals surface area contributed by atoms with E-state index in [1.165, 1.54) is 0 Å². The Bertz CT molecular complexity index is 367. The summed E-state index contributed by atoms with van der Waals surface area (Å²) in [6, 6.07) is 1.98. The first kappa shape index (κ1) is 8.47. The van der Waals surface area contributed by atoms with Gasteiger partial charge in [0.05, 0.1) is 10.7 Å². The highest BCUT2D eigenvalue weighted by Crippen LogP contribution is 2.21. The highest BCUT2D eigenvalue weighted by molar-refractivity contribution is 7.09. The maximum Gasteiger partial charge on any atom is 0.0955 e. The van der Waals surface area contributed by atoms with Crippen LogP contribution in [0.4, 0.5) is 0 Å². The molecule has 0 radical (unpaired) electrons. The molecule has 2 rings (SSSR count). The van der Waals surface area contributed by atoms with Crippen molar-refractivity contribution in [3.05, 3.63) is 28.8 Å². The Balaban J connectivity index is 2.23. The molecular weight excluding hydrogens is 184 g/mol. The third-order valence-corrected chi connectivity index (χ3v) is 2.68. The zero-order chi connectivity index (χ0) is 9.10. The number of aromatic amines is 1. The van der Waals surface area contributed by atoms with Crippen LogP contribution in [0.1, 0.15) is 5.01 Å². The summed E-state index contributed by atoms with van der Waals surface area (Å²) in [7, 11) is 0. The molecule has 0 aliphatic heterocycles. The number of hydrogen-bond donors (Lipinski definition) is 2. The molecule has 0 aromatic carbocycles. The number of aliphatic hydroxyl groups excluding tert-OH is 1. The van der Waals surface area contributed by atoms with E-state index in [1.807, 2.05) is 23.8 Å². The van der Waals surface area contributed by atoms with E-state index in [-0.39, 0.29) is 6.61 Å². The van der Waals surface area contributed by atoms with Crippen LogP contribution in [0.5, 0.6) is 0 Å². The Labute approximate surface area is 80.1 Å². The van der Waals surface area contributed by atoms with Gasteiger partial charge >= 0.3 is 0 Å². The van der Waals surface area contributed by atoms with Gasteiger partial charge in [0, 0.05) is 36.4 Å². The molecule has 0 fully saturated rings. The number of rotatable bonds is 3. The van der Waals surface area contributed by atoms with E-state index in [0.717, 1.165) is 16.3 Å². The Morgan fingerprint density at radius 1 is 1.54 bits per heavy atom. The van der Waals surface area contributed by atoms with Crippen LogP contribution in [0.25, 0.3) is 11.3 Å². The number of hydrogen-bond acceptors (Lipinski definition) is 3. The normalized spacial score (nSPS) is 10.5. The van der Waals surface area contributed by atoms with Gasteiger partial charge in [0.1, 0.15) is 0 Å². The smallest absolute Gasteiger partial charge is 0.0955 e. The first-order chi connectivity index (χ1) is 6.40. The fraction of sp³-hybridized carbons (Fsp3) is 0.222. The molecule has 2 N–H and O–H groups in total. The zero-order valence-electron chi connectivity index (χ0n) is 7.03. The number of nitrogens with zero attached hydrogens (tertiary/aromatic N) is 1. The van der Waals surface area contributed by atoms with E-state index in [1.54, 1.807) is 11.3 Å². The molecule has 2 aromatic rings. The Kier molecular flexibility index (Phi) is 2.42. The lowest BCUT2D eigenvalue weighted by Crippen LogP contribution is -1.88. The number of thiazole rings is 1. The minimum atomic E-state index is 0.167. The fourth-order valence-corrected chi connectivity index (χ4v) is 1.93. The van der Waals surface area contributed by atoms with Crippen LogP contribution < -0.4 is 0 Å². The van der Waals surface area contributed by atoms with Gasteiger partial charge in [-0.25, -0.2) is 4.98 Å². The molecule has 3 nitrogen and oxygen atoms in total. The topological polar surface area (TPSA) is 48.9 Å². The van der Waals surface area contributed by atoms with E-state index >= 15 is 0 Å². The van der Waals surface area contributed by atoms with Crippen molar-refractivity contribution in [2.75, 3.05) is 6.61 Å². The van der Waals surface area contributed by atoms with Crippen molar-refractivity contribution in [3.8, 4) is 11.3 Å². The first-order valence-corrected chi connectivity index (χ1v) is 4.96. The van der Waals surface area contributed by atoms with Crippen LogP contribution in [0.3, 0.4) is 0 Å². The summed E-state index contributed by atoms with van der Waals surface area (Å²) in [6.07, 6.45) is 4.44. The maximum atomic E-state index is 8.72. The van der Waals surface area contributed by atoms with Gasteiger partial charge < -0.3 is 10.1 Å². The molecular formula is C9H10N2OS. The number of aromatic nitrogens is 2. The molecule has 68 valence electrons. The summed E-state index contributed by atoms with van der Waals surface area (Å²) in [5.41, 5.74) is 2.08. The van der Waals surface area contributed by atoms with Crippen molar-refractivity contribution in [2.45, 2.75) is 6.42 Å². The zero-order valence-corrected chi connectivity index (χ0v) is 7.84. The summed E-state index contributed by atoms with van der Waals surface area (Å²) >= 11 is 1.59. The third-order valence-electron chi connectivity index (χ3n) is 1.77. The molecule has 0 amide bonds. The predicted octanol–water partition coefficient (Wildman–Crippen LogP) is 1.67. The van der Waals surface area contributed by atoms with Gasteiger partial charge in [-0.15, -0.1) is 11.3 Å². The van der Waals surface area contributed by atoms with Gasteiger partial charge in [0.15, 0.2) is 0 Å². The second kappa shape index (κ2) is 3.72. The summed E-state index contributed by atoms with van der Waals surface area (Å²) in [6.45, 7) is 0.167. The monoisotopic (exact) mass is 194 g/mol. The molecule has 0 bridgehead atoms. The van der Waals surface area contributed by atoms with Crippen LogP contribution in [0.15, 0.2) is 23.8 Å².